The van der Waals surface area contributed by atoms with E-state index in [4.69, 9.17) is 17.3 Å². The number of rotatable bonds is 3. The number of nitrogen functional groups attached to an aromatic ring is 1. The maximum atomic E-state index is 12.4. The molecule has 0 radical (unpaired) electrons. The molecule has 4 nitrogen and oxygen atoms in total. The molecule has 2 aromatic carbocycles. The molecule has 21 heavy (non-hydrogen) atoms. The van der Waals surface area contributed by atoms with Gasteiger partial charge in [0.1, 0.15) is 0 Å². The summed E-state index contributed by atoms with van der Waals surface area (Å²) in [4.78, 5) is 0.134. The zero-order valence-corrected chi connectivity index (χ0v) is 14.6. The fraction of sp³-hybridized carbons (Fsp3) is 0.143. The fourth-order valence-corrected chi connectivity index (χ4v) is 3.87. The van der Waals surface area contributed by atoms with Crippen LogP contribution in [-0.2, 0) is 10.0 Å². The van der Waals surface area contributed by atoms with Gasteiger partial charge in [0.2, 0.25) is 0 Å². The van der Waals surface area contributed by atoms with Crippen LogP contribution in [0.3, 0.4) is 0 Å². The largest absolute Gasteiger partial charge is 0.399 e. The van der Waals surface area contributed by atoms with Gasteiger partial charge in [0.05, 0.1) is 15.6 Å². The van der Waals surface area contributed by atoms with E-state index >= 15 is 0 Å². The van der Waals surface area contributed by atoms with Crippen LogP contribution in [0.1, 0.15) is 11.1 Å². The summed E-state index contributed by atoms with van der Waals surface area (Å²) in [6, 6.07) is 7.90. The maximum absolute atomic E-state index is 12.4. The Kier molecular flexibility index (Phi) is 4.51. The predicted octanol–water partition coefficient (Wildman–Crippen LogP) is 4.10. The maximum Gasteiger partial charge on any atom is 0.261 e. The minimum absolute atomic E-state index is 0.134. The number of aryl methyl sites for hydroxylation is 2. The van der Waals surface area contributed by atoms with Crippen molar-refractivity contribution in [2.45, 2.75) is 18.7 Å². The van der Waals surface area contributed by atoms with Gasteiger partial charge in [0.15, 0.2) is 0 Å². The Labute approximate surface area is 137 Å². The molecular weight excluding hydrogens is 376 g/mol. The van der Waals surface area contributed by atoms with Crippen LogP contribution < -0.4 is 10.5 Å². The van der Waals surface area contributed by atoms with Crippen molar-refractivity contribution >= 4 is 48.9 Å². The average molecular weight is 390 g/mol. The second kappa shape index (κ2) is 5.87. The molecule has 0 bridgehead atoms. The van der Waals surface area contributed by atoms with Gasteiger partial charge in [0, 0.05) is 10.2 Å². The molecule has 0 aromatic heterocycles. The second-order valence-electron chi connectivity index (χ2n) is 4.71. The van der Waals surface area contributed by atoms with E-state index in [2.05, 4.69) is 20.7 Å². The highest BCUT2D eigenvalue weighted by molar-refractivity contribution is 9.10. The third-order valence-electron chi connectivity index (χ3n) is 2.99. The Morgan fingerprint density at radius 2 is 1.71 bits per heavy atom. The molecular formula is C14H14BrClN2O2S. The van der Waals surface area contributed by atoms with Gasteiger partial charge in [-0.15, -0.1) is 0 Å². The lowest BCUT2D eigenvalue weighted by molar-refractivity contribution is 0.601. The summed E-state index contributed by atoms with van der Waals surface area (Å²) < 4.78 is 28.0. The van der Waals surface area contributed by atoms with Crippen LogP contribution in [0.2, 0.25) is 5.02 Å². The smallest absolute Gasteiger partial charge is 0.261 e. The number of hydrogen-bond donors (Lipinski definition) is 2. The molecule has 0 heterocycles. The lowest BCUT2D eigenvalue weighted by Crippen LogP contribution is -2.15. The minimum atomic E-state index is -3.69. The highest BCUT2D eigenvalue weighted by atomic mass is 79.9. The predicted molar refractivity (Wildman–Crippen MR) is 90.3 cm³/mol. The number of nitrogens with two attached hydrogens (primary N) is 1. The van der Waals surface area contributed by atoms with E-state index in [1.54, 1.807) is 26.0 Å². The summed E-state index contributed by atoms with van der Waals surface area (Å²) in [6.07, 6.45) is 0. The molecule has 0 fully saturated rings. The van der Waals surface area contributed by atoms with Crippen molar-refractivity contribution in [2.24, 2.45) is 0 Å². The molecule has 0 aliphatic heterocycles. The Morgan fingerprint density at radius 1 is 1.14 bits per heavy atom. The number of anilines is 2. The lowest BCUT2D eigenvalue weighted by atomic mass is 10.1. The van der Waals surface area contributed by atoms with Gasteiger partial charge in [-0.25, -0.2) is 8.42 Å². The zero-order chi connectivity index (χ0) is 15.8. The summed E-state index contributed by atoms with van der Waals surface area (Å²) in [6.45, 7) is 3.61. The molecule has 2 rings (SSSR count). The Balaban J connectivity index is 2.44. The van der Waals surface area contributed by atoms with Gasteiger partial charge in [-0.3, -0.25) is 4.72 Å². The van der Waals surface area contributed by atoms with Gasteiger partial charge >= 0.3 is 0 Å². The summed E-state index contributed by atoms with van der Waals surface area (Å²) >= 11 is 9.10. The van der Waals surface area contributed by atoms with E-state index in [-0.39, 0.29) is 4.90 Å². The monoisotopic (exact) mass is 388 g/mol. The minimum Gasteiger partial charge on any atom is -0.399 e. The van der Waals surface area contributed by atoms with Crippen LogP contribution in [0, 0.1) is 13.8 Å². The zero-order valence-electron chi connectivity index (χ0n) is 11.4. The van der Waals surface area contributed by atoms with Crippen LogP contribution in [0.25, 0.3) is 0 Å². The quantitative estimate of drug-likeness (QED) is 0.776. The second-order valence-corrected chi connectivity index (χ2v) is 7.66. The van der Waals surface area contributed by atoms with Gasteiger partial charge in [-0.05, 0) is 71.2 Å². The summed E-state index contributed by atoms with van der Waals surface area (Å²) in [5.41, 5.74) is 8.41. The molecule has 0 amide bonds. The SMILES string of the molecule is Cc1cc(N)cc(C)c1NS(=O)(=O)c1ccc(Cl)c(Br)c1. The summed E-state index contributed by atoms with van der Waals surface area (Å²) in [7, 11) is -3.69. The fourth-order valence-electron chi connectivity index (χ4n) is 2.00. The van der Waals surface area contributed by atoms with E-state index in [0.717, 1.165) is 11.1 Å². The van der Waals surface area contributed by atoms with Crippen molar-refractivity contribution in [2.75, 3.05) is 10.5 Å². The molecule has 7 heteroatoms. The first kappa shape index (κ1) is 16.1. The van der Waals surface area contributed by atoms with E-state index in [1.807, 2.05) is 0 Å². The number of benzene rings is 2. The molecule has 0 saturated carbocycles. The van der Waals surface area contributed by atoms with E-state index in [1.165, 1.54) is 18.2 Å². The summed E-state index contributed by atoms with van der Waals surface area (Å²) in [5.74, 6) is 0. The number of sulfonamides is 1. The Bertz CT molecular complexity index is 784. The van der Waals surface area contributed by atoms with Crippen LogP contribution in [0.15, 0.2) is 39.7 Å². The lowest BCUT2D eigenvalue weighted by Gasteiger charge is -2.14. The standard InChI is InChI=1S/C14H14BrClN2O2S/c1-8-5-10(17)6-9(2)14(8)18-21(19,20)11-3-4-13(16)12(15)7-11/h3-7,18H,17H2,1-2H3. The van der Waals surface area contributed by atoms with Crippen molar-refractivity contribution < 1.29 is 8.42 Å². The highest BCUT2D eigenvalue weighted by Gasteiger charge is 2.18. The van der Waals surface area contributed by atoms with Crippen LogP contribution >= 0.6 is 27.5 Å². The third-order valence-corrected chi connectivity index (χ3v) is 5.55. The number of halogens is 2. The van der Waals surface area contributed by atoms with E-state index in [9.17, 15) is 8.42 Å². The molecule has 3 N–H and O–H groups in total. The number of nitrogens with one attached hydrogen (secondary N) is 1. The van der Waals surface area contributed by atoms with Gasteiger partial charge in [0.25, 0.3) is 10.0 Å². The van der Waals surface area contributed by atoms with Gasteiger partial charge in [-0.2, -0.15) is 0 Å². The third kappa shape index (κ3) is 3.51. The Morgan fingerprint density at radius 3 is 2.24 bits per heavy atom. The number of hydrogen-bond acceptors (Lipinski definition) is 3. The van der Waals surface area contributed by atoms with Crippen molar-refractivity contribution in [3.05, 3.63) is 51.0 Å². The molecule has 0 aliphatic carbocycles. The Hall–Kier alpha value is -1.24. The average Bonchev–Trinajstić information content (AvgIpc) is 2.37. The first-order chi connectivity index (χ1) is 9.70. The molecule has 0 aliphatic rings. The first-order valence-corrected chi connectivity index (χ1v) is 8.71. The first-order valence-electron chi connectivity index (χ1n) is 6.05. The van der Waals surface area contributed by atoms with E-state index in [0.29, 0.717) is 20.9 Å². The van der Waals surface area contributed by atoms with Crippen LogP contribution in [-0.4, -0.2) is 8.42 Å². The van der Waals surface area contributed by atoms with Crippen molar-refractivity contribution in [1.82, 2.24) is 0 Å². The molecule has 0 unspecified atom stereocenters. The van der Waals surface area contributed by atoms with Gasteiger partial charge in [-0.1, -0.05) is 11.6 Å². The van der Waals surface area contributed by atoms with Gasteiger partial charge < -0.3 is 5.73 Å². The van der Waals surface area contributed by atoms with Crippen LogP contribution in [0.5, 0.6) is 0 Å². The molecule has 0 saturated heterocycles. The van der Waals surface area contributed by atoms with Crippen molar-refractivity contribution in [3.63, 3.8) is 0 Å². The molecule has 112 valence electrons. The van der Waals surface area contributed by atoms with Crippen molar-refractivity contribution in [1.29, 1.82) is 0 Å². The van der Waals surface area contributed by atoms with Crippen molar-refractivity contribution in [3.8, 4) is 0 Å². The highest BCUT2D eigenvalue weighted by Crippen LogP contribution is 2.29. The topological polar surface area (TPSA) is 72.2 Å². The van der Waals surface area contributed by atoms with Crippen LogP contribution in [0.4, 0.5) is 11.4 Å². The van der Waals surface area contributed by atoms with E-state index < -0.39 is 10.0 Å². The molecule has 0 atom stereocenters. The molecule has 0 spiro atoms. The summed E-state index contributed by atoms with van der Waals surface area (Å²) in [5, 5.41) is 0.453. The normalized spacial score (nSPS) is 11.4. The molecule has 2 aromatic rings.